The Bertz CT molecular complexity index is 81.6. The van der Waals surface area contributed by atoms with Crippen LogP contribution in [0.1, 0.15) is 39.5 Å². The van der Waals surface area contributed by atoms with Crippen LogP contribution in [0.4, 0.5) is 0 Å². The zero-order valence-corrected chi connectivity index (χ0v) is 9.60. The highest BCUT2D eigenvalue weighted by atomic mass is 35.7. The van der Waals surface area contributed by atoms with Gasteiger partial charge in [-0.05, 0) is 30.6 Å². The zero-order chi connectivity index (χ0) is 8.74. The highest BCUT2D eigenvalue weighted by Crippen LogP contribution is 2.50. The second kappa shape index (κ2) is 6.19. The smallest absolute Gasteiger partial charge is 0.0103 e. The molecule has 0 saturated heterocycles. The van der Waals surface area contributed by atoms with Crippen LogP contribution >= 0.6 is 19.9 Å². The molecule has 0 amide bonds. The van der Waals surface area contributed by atoms with Crippen molar-refractivity contribution in [2.75, 3.05) is 17.8 Å². The number of hydrogen-bond donors (Lipinski definition) is 0. The molecule has 0 rings (SSSR count). The minimum Gasteiger partial charge on any atom is -0.166 e. The second-order valence-electron chi connectivity index (χ2n) is 3.27. The minimum absolute atomic E-state index is 0.734. The van der Waals surface area contributed by atoms with Crippen LogP contribution in [0.15, 0.2) is 0 Å². The van der Waals surface area contributed by atoms with E-state index in [1.54, 1.807) is 0 Å². The molecule has 0 saturated carbocycles. The monoisotopic (exact) mass is 196 g/mol. The molecule has 0 unspecified atom stereocenters. The van der Waals surface area contributed by atoms with Gasteiger partial charge in [-0.3, -0.25) is 0 Å². The van der Waals surface area contributed by atoms with Crippen molar-refractivity contribution in [3.8, 4) is 0 Å². The highest BCUT2D eigenvalue weighted by molar-refractivity contribution is 8.50. The average molecular weight is 197 g/mol. The van der Waals surface area contributed by atoms with Crippen LogP contribution in [0.3, 0.4) is 0 Å². The van der Waals surface area contributed by atoms with Gasteiger partial charge in [-0.1, -0.05) is 37.4 Å². The first-order chi connectivity index (χ1) is 5.12. The van der Waals surface area contributed by atoms with Crippen LogP contribution in [0.25, 0.3) is 0 Å². The number of unbranched alkanes of at least 4 members (excludes halogenated alkanes) is 2. The Morgan fingerprint density at radius 2 is 1.36 bits per heavy atom. The van der Waals surface area contributed by atoms with Crippen molar-refractivity contribution in [1.29, 1.82) is 0 Å². The molecule has 0 radical (unpaired) electrons. The molecule has 0 N–H and O–H groups in total. The Morgan fingerprint density at radius 1 is 1.00 bits per heavy atom. The van der Waals surface area contributed by atoms with Gasteiger partial charge in [0, 0.05) is 0 Å². The molecule has 0 nitrogen and oxygen atoms in total. The predicted octanol–water partition coefficient (Wildman–Crippen LogP) is 4.17. The standard InChI is InChI=1S/C9H21ClS/c1-4-6-8-11(3,10)9-7-5-2/h4-9H2,1-3H3. The Balaban J connectivity index is 3.43. The summed E-state index contributed by atoms with van der Waals surface area (Å²) in [6.07, 6.45) is 7.42. The molecule has 0 heterocycles. The van der Waals surface area contributed by atoms with Gasteiger partial charge in [0.15, 0.2) is 0 Å². The van der Waals surface area contributed by atoms with Crippen LogP contribution in [0.2, 0.25) is 0 Å². The SMILES string of the molecule is CCCCS(C)(Cl)CCCC. The summed E-state index contributed by atoms with van der Waals surface area (Å²) < 4.78 is 0. The molecular formula is C9H21ClS. The van der Waals surface area contributed by atoms with Crippen LogP contribution in [0, 0.1) is 0 Å². The molecule has 0 fully saturated rings. The lowest BCUT2D eigenvalue weighted by Gasteiger charge is -2.27. The first-order valence-corrected chi connectivity index (χ1v) is 7.76. The number of halogens is 1. The van der Waals surface area contributed by atoms with Crippen molar-refractivity contribution in [3.05, 3.63) is 0 Å². The largest absolute Gasteiger partial charge is 0.166 e. The summed E-state index contributed by atoms with van der Waals surface area (Å²) in [5.41, 5.74) is 0. The summed E-state index contributed by atoms with van der Waals surface area (Å²) in [4.78, 5) is 0. The summed E-state index contributed by atoms with van der Waals surface area (Å²) >= 11 is 0. The maximum absolute atomic E-state index is 6.38. The van der Waals surface area contributed by atoms with Crippen molar-refractivity contribution in [2.24, 2.45) is 0 Å². The Morgan fingerprint density at radius 3 is 1.64 bits per heavy atom. The van der Waals surface area contributed by atoms with Gasteiger partial charge in [-0.15, -0.1) is 0 Å². The van der Waals surface area contributed by atoms with Crippen LogP contribution in [-0.4, -0.2) is 17.8 Å². The average Bonchev–Trinajstić information content (AvgIpc) is 1.97. The van der Waals surface area contributed by atoms with Crippen molar-refractivity contribution < 1.29 is 0 Å². The molecule has 70 valence electrons. The van der Waals surface area contributed by atoms with E-state index in [9.17, 15) is 0 Å². The zero-order valence-electron chi connectivity index (χ0n) is 8.03. The van der Waals surface area contributed by atoms with Crippen LogP contribution in [0.5, 0.6) is 0 Å². The predicted molar refractivity (Wildman–Crippen MR) is 58.9 cm³/mol. The quantitative estimate of drug-likeness (QED) is 0.598. The van der Waals surface area contributed by atoms with Gasteiger partial charge in [0.25, 0.3) is 0 Å². The minimum atomic E-state index is -0.734. The van der Waals surface area contributed by atoms with E-state index < -0.39 is 9.24 Å². The first kappa shape index (κ1) is 11.6. The van der Waals surface area contributed by atoms with Gasteiger partial charge in [-0.2, -0.15) is 9.24 Å². The van der Waals surface area contributed by atoms with Crippen molar-refractivity contribution in [2.45, 2.75) is 39.5 Å². The summed E-state index contributed by atoms with van der Waals surface area (Å²) in [5, 5.41) is 0. The van der Waals surface area contributed by atoms with Crippen molar-refractivity contribution >= 4 is 19.9 Å². The summed E-state index contributed by atoms with van der Waals surface area (Å²) in [6, 6.07) is 0. The molecule has 0 bridgehead atoms. The molecule has 0 spiro atoms. The molecular weight excluding hydrogens is 176 g/mol. The van der Waals surface area contributed by atoms with Gasteiger partial charge < -0.3 is 0 Å². The van der Waals surface area contributed by atoms with E-state index >= 15 is 0 Å². The van der Waals surface area contributed by atoms with E-state index in [1.165, 1.54) is 37.2 Å². The fourth-order valence-corrected chi connectivity index (χ4v) is 3.63. The maximum atomic E-state index is 6.38. The van der Waals surface area contributed by atoms with Gasteiger partial charge >= 0.3 is 0 Å². The van der Waals surface area contributed by atoms with E-state index in [1.807, 2.05) is 0 Å². The molecule has 0 atom stereocenters. The van der Waals surface area contributed by atoms with E-state index in [4.69, 9.17) is 10.7 Å². The number of hydrogen-bond acceptors (Lipinski definition) is 0. The molecule has 0 aliphatic carbocycles. The Labute approximate surface area is 77.5 Å². The van der Waals surface area contributed by atoms with E-state index in [0.29, 0.717) is 0 Å². The molecule has 11 heavy (non-hydrogen) atoms. The van der Waals surface area contributed by atoms with E-state index in [2.05, 4.69) is 20.1 Å². The van der Waals surface area contributed by atoms with Crippen LogP contribution < -0.4 is 0 Å². The molecule has 0 aromatic carbocycles. The highest BCUT2D eigenvalue weighted by Gasteiger charge is 2.12. The molecule has 0 aromatic rings. The molecule has 0 aliphatic heterocycles. The summed E-state index contributed by atoms with van der Waals surface area (Å²) in [5.74, 6) is 2.51. The molecule has 2 heteroatoms. The Hall–Kier alpha value is 0.640. The van der Waals surface area contributed by atoms with E-state index in [0.717, 1.165) is 0 Å². The van der Waals surface area contributed by atoms with Crippen molar-refractivity contribution in [3.63, 3.8) is 0 Å². The van der Waals surface area contributed by atoms with E-state index in [-0.39, 0.29) is 0 Å². The molecule has 0 aliphatic rings. The lowest BCUT2D eigenvalue weighted by molar-refractivity contribution is 0.873. The molecule has 0 aromatic heterocycles. The third-order valence-electron chi connectivity index (χ3n) is 1.85. The second-order valence-corrected chi connectivity index (χ2v) is 8.63. The Kier molecular flexibility index (Phi) is 6.55. The van der Waals surface area contributed by atoms with Crippen molar-refractivity contribution in [1.82, 2.24) is 0 Å². The third kappa shape index (κ3) is 7.02. The normalized spacial score (nSPS) is 13.5. The van der Waals surface area contributed by atoms with Gasteiger partial charge in [0.05, 0.1) is 0 Å². The third-order valence-corrected chi connectivity index (χ3v) is 5.05. The summed E-state index contributed by atoms with van der Waals surface area (Å²) in [7, 11) is 5.64. The van der Waals surface area contributed by atoms with Gasteiger partial charge in [0.2, 0.25) is 0 Å². The fraction of sp³-hybridized carbons (Fsp3) is 1.00. The maximum Gasteiger partial charge on any atom is -0.0103 e. The fourth-order valence-electron chi connectivity index (χ4n) is 0.993. The summed E-state index contributed by atoms with van der Waals surface area (Å²) in [6.45, 7) is 4.46. The van der Waals surface area contributed by atoms with Gasteiger partial charge in [-0.25, -0.2) is 0 Å². The van der Waals surface area contributed by atoms with Gasteiger partial charge in [0.1, 0.15) is 0 Å². The van der Waals surface area contributed by atoms with Crippen LogP contribution in [-0.2, 0) is 0 Å². The first-order valence-electron chi connectivity index (χ1n) is 4.55. The lowest BCUT2D eigenvalue weighted by atomic mass is 10.4. The number of rotatable bonds is 6. The topological polar surface area (TPSA) is 0 Å². The lowest BCUT2D eigenvalue weighted by Crippen LogP contribution is -2.00.